The zero-order valence-corrected chi connectivity index (χ0v) is 10.9. The summed E-state index contributed by atoms with van der Waals surface area (Å²) < 4.78 is 18.6. The summed E-state index contributed by atoms with van der Waals surface area (Å²) in [5.41, 5.74) is 0.706. The zero-order valence-electron chi connectivity index (χ0n) is 10.1. The maximum absolute atomic E-state index is 13.1. The third kappa shape index (κ3) is 5.10. The van der Waals surface area contributed by atoms with E-state index >= 15 is 0 Å². The van der Waals surface area contributed by atoms with Crippen molar-refractivity contribution in [3.05, 3.63) is 29.6 Å². The highest BCUT2D eigenvalue weighted by molar-refractivity contribution is 6.18. The number of alkyl halides is 1. The molecule has 3 heteroatoms. The summed E-state index contributed by atoms with van der Waals surface area (Å²) in [6, 6.07) is 4.38. The van der Waals surface area contributed by atoms with Gasteiger partial charge < -0.3 is 4.74 Å². The normalized spacial score (nSPS) is 9.94. The Kier molecular flexibility index (Phi) is 5.86. The molecule has 1 nitrogen and oxygen atoms in total. The lowest BCUT2D eigenvalue weighted by Gasteiger charge is -2.10. The molecule has 0 unspecified atom stereocenters. The second-order valence-corrected chi connectivity index (χ2v) is 4.46. The van der Waals surface area contributed by atoms with Crippen LogP contribution in [0.15, 0.2) is 18.2 Å². The molecule has 0 fully saturated rings. The standard InChI is InChI=1S/C14H16ClFO/c1-11(2)10-17-14-9-13(16)7-6-12(14)5-3-4-8-15/h6-7,9,11H,4,8,10H2,1-2H3. The predicted molar refractivity (Wildman–Crippen MR) is 68.9 cm³/mol. The molecular formula is C14H16ClFO. The van der Waals surface area contributed by atoms with Crippen LogP contribution in [0.4, 0.5) is 4.39 Å². The van der Waals surface area contributed by atoms with Gasteiger partial charge in [-0.05, 0) is 18.1 Å². The fourth-order valence-electron chi connectivity index (χ4n) is 1.18. The van der Waals surface area contributed by atoms with E-state index in [-0.39, 0.29) is 5.82 Å². The van der Waals surface area contributed by atoms with Crippen LogP contribution in [0.5, 0.6) is 5.75 Å². The fourth-order valence-corrected chi connectivity index (χ4v) is 1.27. The summed E-state index contributed by atoms with van der Waals surface area (Å²) in [4.78, 5) is 0. The molecule has 0 bridgehead atoms. The second-order valence-electron chi connectivity index (χ2n) is 4.09. The summed E-state index contributed by atoms with van der Waals surface area (Å²) in [5, 5.41) is 0. The minimum Gasteiger partial charge on any atom is -0.492 e. The number of rotatable bonds is 4. The van der Waals surface area contributed by atoms with Gasteiger partial charge in [0.2, 0.25) is 0 Å². The van der Waals surface area contributed by atoms with Crippen LogP contribution in [0.3, 0.4) is 0 Å². The first kappa shape index (κ1) is 13.9. The van der Waals surface area contributed by atoms with E-state index < -0.39 is 0 Å². The first-order chi connectivity index (χ1) is 8.13. The van der Waals surface area contributed by atoms with E-state index in [1.54, 1.807) is 6.07 Å². The molecule has 17 heavy (non-hydrogen) atoms. The molecule has 0 aliphatic rings. The zero-order chi connectivity index (χ0) is 12.7. The van der Waals surface area contributed by atoms with Crippen molar-refractivity contribution in [2.75, 3.05) is 12.5 Å². The summed E-state index contributed by atoms with van der Waals surface area (Å²) in [7, 11) is 0. The lowest BCUT2D eigenvalue weighted by molar-refractivity contribution is 0.269. The predicted octanol–water partition coefficient (Wildman–Crippen LogP) is 3.84. The van der Waals surface area contributed by atoms with E-state index in [4.69, 9.17) is 16.3 Å². The SMILES string of the molecule is CC(C)COc1cc(F)ccc1C#CCCCl. The van der Waals surface area contributed by atoms with Crippen LogP contribution in [-0.2, 0) is 0 Å². The van der Waals surface area contributed by atoms with Crippen LogP contribution in [0.1, 0.15) is 25.8 Å². The van der Waals surface area contributed by atoms with Gasteiger partial charge in [0.15, 0.2) is 0 Å². The first-order valence-electron chi connectivity index (χ1n) is 5.60. The Bertz CT molecular complexity index is 418. The van der Waals surface area contributed by atoms with Crippen molar-refractivity contribution in [3.8, 4) is 17.6 Å². The molecule has 0 spiro atoms. The van der Waals surface area contributed by atoms with Gasteiger partial charge in [-0.3, -0.25) is 0 Å². The van der Waals surface area contributed by atoms with Crippen LogP contribution in [0, 0.1) is 23.6 Å². The minimum absolute atomic E-state index is 0.313. The Morgan fingerprint density at radius 2 is 2.18 bits per heavy atom. The third-order valence-corrected chi connectivity index (χ3v) is 2.15. The van der Waals surface area contributed by atoms with Gasteiger partial charge in [0, 0.05) is 18.4 Å². The highest BCUT2D eigenvalue weighted by Crippen LogP contribution is 2.19. The van der Waals surface area contributed by atoms with E-state index in [1.807, 2.05) is 13.8 Å². The van der Waals surface area contributed by atoms with Crippen LogP contribution < -0.4 is 4.74 Å². The van der Waals surface area contributed by atoms with Crippen molar-refractivity contribution in [1.29, 1.82) is 0 Å². The maximum atomic E-state index is 13.1. The van der Waals surface area contributed by atoms with Gasteiger partial charge in [0.1, 0.15) is 11.6 Å². The molecule has 0 aliphatic heterocycles. The number of ether oxygens (including phenoxy) is 1. The molecule has 0 amide bonds. The van der Waals surface area contributed by atoms with Gasteiger partial charge in [-0.2, -0.15) is 0 Å². The molecule has 0 N–H and O–H groups in total. The molecule has 0 saturated heterocycles. The summed E-state index contributed by atoms with van der Waals surface area (Å²) in [5.74, 6) is 6.93. The van der Waals surface area contributed by atoms with E-state index in [0.29, 0.717) is 36.1 Å². The Morgan fingerprint density at radius 1 is 1.41 bits per heavy atom. The summed E-state index contributed by atoms with van der Waals surface area (Å²) >= 11 is 5.54. The molecule has 0 radical (unpaired) electrons. The summed E-state index contributed by atoms with van der Waals surface area (Å²) in [6.07, 6.45) is 0.614. The number of halogens is 2. The molecule has 0 atom stereocenters. The maximum Gasteiger partial charge on any atom is 0.137 e. The molecule has 0 heterocycles. The van der Waals surface area contributed by atoms with Gasteiger partial charge in [0.05, 0.1) is 12.2 Å². The van der Waals surface area contributed by atoms with Gasteiger partial charge >= 0.3 is 0 Å². The average molecular weight is 255 g/mol. The van der Waals surface area contributed by atoms with Crippen LogP contribution >= 0.6 is 11.6 Å². The van der Waals surface area contributed by atoms with Crippen molar-refractivity contribution in [2.45, 2.75) is 20.3 Å². The molecule has 0 aliphatic carbocycles. The molecule has 1 aromatic carbocycles. The quantitative estimate of drug-likeness (QED) is 0.586. The molecule has 0 saturated carbocycles. The van der Waals surface area contributed by atoms with E-state index in [1.165, 1.54) is 12.1 Å². The fraction of sp³-hybridized carbons (Fsp3) is 0.429. The minimum atomic E-state index is -0.313. The van der Waals surface area contributed by atoms with Crippen LogP contribution in [0.25, 0.3) is 0 Å². The van der Waals surface area contributed by atoms with Crippen molar-refractivity contribution in [1.82, 2.24) is 0 Å². The molecule has 92 valence electrons. The van der Waals surface area contributed by atoms with Crippen LogP contribution in [-0.4, -0.2) is 12.5 Å². The number of benzene rings is 1. The summed E-state index contributed by atoms with van der Waals surface area (Å²) in [6.45, 7) is 4.63. The van der Waals surface area contributed by atoms with Gasteiger partial charge in [0.25, 0.3) is 0 Å². The van der Waals surface area contributed by atoms with Gasteiger partial charge in [-0.15, -0.1) is 11.6 Å². The second kappa shape index (κ2) is 7.19. The Hall–Kier alpha value is -1.20. The molecule has 1 aromatic rings. The molecular weight excluding hydrogens is 239 g/mol. The van der Waals surface area contributed by atoms with Crippen molar-refractivity contribution >= 4 is 11.6 Å². The van der Waals surface area contributed by atoms with Gasteiger partial charge in [-0.25, -0.2) is 4.39 Å². The van der Waals surface area contributed by atoms with Crippen molar-refractivity contribution in [3.63, 3.8) is 0 Å². The first-order valence-corrected chi connectivity index (χ1v) is 6.14. The van der Waals surface area contributed by atoms with Gasteiger partial charge in [-0.1, -0.05) is 25.7 Å². The van der Waals surface area contributed by atoms with Crippen molar-refractivity contribution < 1.29 is 9.13 Å². The number of hydrogen-bond donors (Lipinski definition) is 0. The highest BCUT2D eigenvalue weighted by Gasteiger charge is 2.04. The van der Waals surface area contributed by atoms with Crippen LogP contribution in [0.2, 0.25) is 0 Å². The smallest absolute Gasteiger partial charge is 0.137 e. The molecule has 1 rings (SSSR count). The lowest BCUT2D eigenvalue weighted by atomic mass is 10.2. The molecule has 0 aromatic heterocycles. The lowest BCUT2D eigenvalue weighted by Crippen LogP contribution is -2.05. The third-order valence-electron chi connectivity index (χ3n) is 1.96. The Morgan fingerprint density at radius 3 is 2.82 bits per heavy atom. The van der Waals surface area contributed by atoms with E-state index in [9.17, 15) is 4.39 Å². The largest absolute Gasteiger partial charge is 0.492 e. The number of hydrogen-bond acceptors (Lipinski definition) is 1. The van der Waals surface area contributed by atoms with Crippen molar-refractivity contribution in [2.24, 2.45) is 5.92 Å². The topological polar surface area (TPSA) is 9.23 Å². The Balaban J connectivity index is 2.85. The highest BCUT2D eigenvalue weighted by atomic mass is 35.5. The monoisotopic (exact) mass is 254 g/mol. The van der Waals surface area contributed by atoms with E-state index in [2.05, 4.69) is 11.8 Å². The average Bonchev–Trinajstić information content (AvgIpc) is 2.29. The van der Waals surface area contributed by atoms with E-state index in [0.717, 1.165) is 0 Å². The Labute approximate surface area is 107 Å².